The number of hydrogen-bond donors (Lipinski definition) is 2. The molecule has 4 nitrogen and oxygen atoms in total. The molecule has 80 valence electrons. The van der Waals surface area contributed by atoms with E-state index in [4.69, 9.17) is 4.74 Å². The fourth-order valence-corrected chi connectivity index (χ4v) is 1.41. The zero-order chi connectivity index (χ0) is 10.7. The van der Waals surface area contributed by atoms with Gasteiger partial charge in [0.2, 0.25) is 0 Å². The van der Waals surface area contributed by atoms with Crippen LogP contribution < -0.4 is 20.7 Å². The molecule has 1 aromatic carbocycles. The van der Waals surface area contributed by atoms with E-state index in [1.807, 2.05) is 35.5 Å². The van der Waals surface area contributed by atoms with Gasteiger partial charge in [0, 0.05) is 11.9 Å². The molecule has 0 aromatic heterocycles. The molecule has 0 spiro atoms. The van der Waals surface area contributed by atoms with E-state index >= 15 is 0 Å². The highest BCUT2D eigenvalue weighted by Crippen LogP contribution is 2.20. The van der Waals surface area contributed by atoms with Crippen molar-refractivity contribution in [2.45, 2.75) is 13.3 Å². The molecule has 0 saturated carbocycles. The molecule has 2 rings (SSSR count). The van der Waals surface area contributed by atoms with E-state index in [1.165, 1.54) is 5.70 Å². The first-order chi connectivity index (χ1) is 7.33. The number of nitrogens with one attached hydrogen (secondary N) is 2. The minimum Gasteiger partial charge on any atom is -0.497 e. The van der Waals surface area contributed by atoms with Crippen molar-refractivity contribution in [3.63, 3.8) is 0 Å². The van der Waals surface area contributed by atoms with Crippen LogP contribution >= 0.6 is 0 Å². The van der Waals surface area contributed by atoms with Gasteiger partial charge < -0.3 is 10.2 Å². The average Bonchev–Trinajstić information content (AvgIpc) is 2.78. The van der Waals surface area contributed by atoms with E-state index < -0.39 is 0 Å². The molecule has 1 aliphatic rings. The third-order valence-electron chi connectivity index (χ3n) is 2.35. The van der Waals surface area contributed by atoms with Crippen LogP contribution in [0.3, 0.4) is 0 Å². The van der Waals surface area contributed by atoms with Crippen LogP contribution in [-0.4, -0.2) is 7.11 Å². The third-order valence-corrected chi connectivity index (χ3v) is 2.35. The number of methoxy groups -OCH3 is 1. The topological polar surface area (TPSA) is 36.5 Å². The predicted molar refractivity (Wildman–Crippen MR) is 60.1 cm³/mol. The zero-order valence-electron chi connectivity index (χ0n) is 8.95. The maximum absolute atomic E-state index is 5.10. The lowest BCUT2D eigenvalue weighted by Gasteiger charge is -2.15. The number of ether oxygens (including phenoxy) is 1. The monoisotopic (exact) mass is 205 g/mol. The zero-order valence-corrected chi connectivity index (χ0v) is 8.95. The van der Waals surface area contributed by atoms with Crippen molar-refractivity contribution in [2.24, 2.45) is 0 Å². The van der Waals surface area contributed by atoms with Crippen LogP contribution in [0, 0.1) is 0 Å². The van der Waals surface area contributed by atoms with E-state index in [9.17, 15) is 0 Å². The molecule has 2 N–H and O–H groups in total. The van der Waals surface area contributed by atoms with Gasteiger partial charge in [-0.25, -0.2) is 0 Å². The number of hydrazine groups is 2. The van der Waals surface area contributed by atoms with Gasteiger partial charge in [0.15, 0.2) is 0 Å². The largest absolute Gasteiger partial charge is 0.497 e. The van der Waals surface area contributed by atoms with Crippen LogP contribution in [0.4, 0.5) is 5.69 Å². The predicted octanol–water partition coefficient (Wildman–Crippen LogP) is 1.78. The summed E-state index contributed by atoms with van der Waals surface area (Å²) in [4.78, 5) is 0. The van der Waals surface area contributed by atoms with E-state index in [0.29, 0.717) is 0 Å². The number of rotatable bonds is 3. The minimum absolute atomic E-state index is 0.866. The molecule has 0 unspecified atom stereocenters. The molecule has 1 aromatic rings. The second kappa shape index (κ2) is 4.23. The van der Waals surface area contributed by atoms with Crippen molar-refractivity contribution in [2.75, 3.05) is 12.1 Å². The first-order valence-corrected chi connectivity index (χ1v) is 4.99. The maximum atomic E-state index is 5.10. The first kappa shape index (κ1) is 9.86. The molecule has 0 radical (unpaired) electrons. The van der Waals surface area contributed by atoms with E-state index in [0.717, 1.165) is 17.9 Å². The van der Waals surface area contributed by atoms with Gasteiger partial charge in [-0.2, -0.15) is 0 Å². The standard InChI is InChI=1S/C11H15N3O/c1-3-9-8-14(13-12-9)10-4-6-11(15-2)7-5-10/h4-8,12-13H,3H2,1-2H3. The highest BCUT2D eigenvalue weighted by molar-refractivity contribution is 5.51. The van der Waals surface area contributed by atoms with Crippen LogP contribution in [0.25, 0.3) is 0 Å². The lowest BCUT2D eigenvalue weighted by atomic mass is 10.3. The summed E-state index contributed by atoms with van der Waals surface area (Å²) in [6.45, 7) is 2.11. The normalized spacial score (nSPS) is 14.8. The molecule has 0 aliphatic carbocycles. The smallest absolute Gasteiger partial charge is 0.119 e. The lowest BCUT2D eigenvalue weighted by molar-refractivity contribution is 0.415. The molecule has 0 amide bonds. The second-order valence-electron chi connectivity index (χ2n) is 3.31. The lowest BCUT2D eigenvalue weighted by Crippen LogP contribution is -2.36. The van der Waals surface area contributed by atoms with Gasteiger partial charge in [-0.3, -0.25) is 5.01 Å². The Morgan fingerprint density at radius 1 is 1.27 bits per heavy atom. The summed E-state index contributed by atoms with van der Waals surface area (Å²) in [5.41, 5.74) is 8.40. The Hall–Kier alpha value is -1.68. The van der Waals surface area contributed by atoms with Crippen LogP contribution in [0.15, 0.2) is 36.2 Å². The van der Waals surface area contributed by atoms with Gasteiger partial charge in [-0.1, -0.05) is 6.92 Å². The van der Waals surface area contributed by atoms with Crippen molar-refractivity contribution < 1.29 is 4.74 Å². The molecule has 4 heteroatoms. The summed E-state index contributed by atoms with van der Waals surface area (Å²) in [6.07, 6.45) is 3.03. The minimum atomic E-state index is 0.866. The Labute approximate surface area is 89.5 Å². The summed E-state index contributed by atoms with van der Waals surface area (Å²) < 4.78 is 5.10. The van der Waals surface area contributed by atoms with Gasteiger partial charge in [0.25, 0.3) is 0 Å². The Bertz CT molecular complexity index is 359. The maximum Gasteiger partial charge on any atom is 0.119 e. The molecule has 1 aliphatic heterocycles. The van der Waals surface area contributed by atoms with Gasteiger partial charge >= 0.3 is 0 Å². The van der Waals surface area contributed by atoms with Crippen LogP contribution in [0.1, 0.15) is 13.3 Å². The summed E-state index contributed by atoms with van der Waals surface area (Å²) in [5.74, 6) is 0.866. The highest BCUT2D eigenvalue weighted by atomic mass is 16.5. The van der Waals surface area contributed by atoms with Gasteiger partial charge in [-0.15, -0.1) is 5.53 Å². The Morgan fingerprint density at radius 3 is 2.53 bits per heavy atom. The molecule has 0 bridgehead atoms. The molecular weight excluding hydrogens is 190 g/mol. The summed E-state index contributed by atoms with van der Waals surface area (Å²) in [5, 5.41) is 1.94. The number of benzene rings is 1. The van der Waals surface area contributed by atoms with Crippen molar-refractivity contribution >= 4 is 5.69 Å². The van der Waals surface area contributed by atoms with Gasteiger partial charge in [-0.05, 0) is 30.7 Å². The number of hydrogen-bond acceptors (Lipinski definition) is 4. The summed E-state index contributed by atoms with van der Waals surface area (Å²) >= 11 is 0. The van der Waals surface area contributed by atoms with Crippen molar-refractivity contribution in [3.05, 3.63) is 36.2 Å². The van der Waals surface area contributed by atoms with E-state index in [-0.39, 0.29) is 0 Å². The quantitative estimate of drug-likeness (QED) is 0.788. The molecule has 0 fully saturated rings. The molecular formula is C11H15N3O. The van der Waals surface area contributed by atoms with Gasteiger partial charge in [0.05, 0.1) is 12.8 Å². The molecule has 0 atom stereocenters. The molecule has 0 saturated heterocycles. The van der Waals surface area contributed by atoms with E-state index in [2.05, 4.69) is 17.9 Å². The Morgan fingerprint density at radius 2 is 2.00 bits per heavy atom. The van der Waals surface area contributed by atoms with Crippen molar-refractivity contribution in [1.82, 2.24) is 11.0 Å². The van der Waals surface area contributed by atoms with Crippen LogP contribution in [0.2, 0.25) is 0 Å². The Kier molecular flexibility index (Phi) is 2.78. The molecule has 1 heterocycles. The summed E-state index contributed by atoms with van der Waals surface area (Å²) in [6, 6.07) is 7.88. The van der Waals surface area contributed by atoms with Crippen molar-refractivity contribution in [1.29, 1.82) is 0 Å². The van der Waals surface area contributed by atoms with Crippen LogP contribution in [-0.2, 0) is 0 Å². The fraction of sp³-hybridized carbons (Fsp3) is 0.273. The SMILES string of the molecule is CCC1=CN(c2ccc(OC)cc2)NN1. The van der Waals surface area contributed by atoms with Crippen molar-refractivity contribution in [3.8, 4) is 5.75 Å². The molecule has 15 heavy (non-hydrogen) atoms. The van der Waals surface area contributed by atoms with E-state index in [1.54, 1.807) is 7.11 Å². The van der Waals surface area contributed by atoms with Gasteiger partial charge in [0.1, 0.15) is 5.75 Å². The highest BCUT2D eigenvalue weighted by Gasteiger charge is 2.10. The summed E-state index contributed by atoms with van der Waals surface area (Å²) in [7, 11) is 1.67. The first-order valence-electron chi connectivity index (χ1n) is 4.99. The Balaban J connectivity index is 2.13. The number of allylic oxidation sites excluding steroid dienone is 1. The number of nitrogens with zero attached hydrogens (tertiary/aromatic N) is 1. The fourth-order valence-electron chi connectivity index (χ4n) is 1.41. The average molecular weight is 205 g/mol. The second-order valence-corrected chi connectivity index (χ2v) is 3.31. The number of anilines is 1. The third kappa shape index (κ3) is 2.05. The van der Waals surface area contributed by atoms with Crippen LogP contribution in [0.5, 0.6) is 5.75 Å².